The summed E-state index contributed by atoms with van der Waals surface area (Å²) in [5, 5.41) is 8.68. The van der Waals surface area contributed by atoms with Crippen molar-refractivity contribution in [3.63, 3.8) is 0 Å². The van der Waals surface area contributed by atoms with Crippen LogP contribution in [0.2, 0.25) is 0 Å². The lowest BCUT2D eigenvalue weighted by molar-refractivity contribution is -0.114. The SMILES string of the molecule is CC(=O)Nc1ccc(Nc2cc(C(=O)NCc3ccc(C)cc3)ncn2)cc1. The van der Waals surface area contributed by atoms with Crippen molar-refractivity contribution in [1.29, 1.82) is 0 Å². The third-order valence-electron chi connectivity index (χ3n) is 3.95. The molecule has 142 valence electrons. The van der Waals surface area contributed by atoms with Crippen molar-refractivity contribution >= 4 is 29.0 Å². The second kappa shape index (κ2) is 8.77. The van der Waals surface area contributed by atoms with Crippen molar-refractivity contribution in [2.24, 2.45) is 0 Å². The number of nitrogens with one attached hydrogen (secondary N) is 3. The lowest BCUT2D eigenvalue weighted by atomic mass is 10.1. The van der Waals surface area contributed by atoms with E-state index in [0.717, 1.165) is 11.3 Å². The molecular formula is C21H21N5O2. The van der Waals surface area contributed by atoms with Gasteiger partial charge in [0.2, 0.25) is 5.91 Å². The van der Waals surface area contributed by atoms with Gasteiger partial charge in [-0.15, -0.1) is 0 Å². The maximum atomic E-state index is 12.4. The van der Waals surface area contributed by atoms with E-state index in [-0.39, 0.29) is 17.5 Å². The van der Waals surface area contributed by atoms with Crippen LogP contribution in [-0.2, 0) is 11.3 Å². The van der Waals surface area contributed by atoms with Gasteiger partial charge in [-0.25, -0.2) is 9.97 Å². The third kappa shape index (κ3) is 5.38. The number of carbonyl (C=O) groups excluding carboxylic acids is 2. The maximum absolute atomic E-state index is 12.4. The Labute approximate surface area is 163 Å². The molecule has 28 heavy (non-hydrogen) atoms. The first kappa shape index (κ1) is 19.0. The number of aryl methyl sites for hydroxylation is 1. The average molecular weight is 375 g/mol. The van der Waals surface area contributed by atoms with Gasteiger partial charge in [-0.2, -0.15) is 0 Å². The number of amides is 2. The molecule has 0 saturated carbocycles. The summed E-state index contributed by atoms with van der Waals surface area (Å²) in [6.45, 7) is 3.90. The molecule has 0 spiro atoms. The molecule has 0 saturated heterocycles. The molecule has 0 aliphatic rings. The molecule has 0 bridgehead atoms. The van der Waals surface area contributed by atoms with E-state index in [9.17, 15) is 9.59 Å². The average Bonchev–Trinajstić information content (AvgIpc) is 2.69. The molecule has 3 rings (SSSR count). The fraction of sp³-hybridized carbons (Fsp3) is 0.143. The molecule has 0 aliphatic carbocycles. The number of nitrogens with zero attached hydrogens (tertiary/aromatic N) is 2. The van der Waals surface area contributed by atoms with E-state index < -0.39 is 0 Å². The first-order valence-electron chi connectivity index (χ1n) is 8.80. The Morgan fingerprint density at radius 3 is 2.29 bits per heavy atom. The van der Waals surface area contributed by atoms with E-state index in [4.69, 9.17) is 0 Å². The molecule has 7 nitrogen and oxygen atoms in total. The number of aromatic nitrogens is 2. The highest BCUT2D eigenvalue weighted by molar-refractivity contribution is 5.93. The largest absolute Gasteiger partial charge is 0.347 e. The van der Waals surface area contributed by atoms with Crippen molar-refractivity contribution in [2.75, 3.05) is 10.6 Å². The highest BCUT2D eigenvalue weighted by Gasteiger charge is 2.09. The highest BCUT2D eigenvalue weighted by Crippen LogP contribution is 2.17. The number of hydrogen-bond donors (Lipinski definition) is 3. The first-order valence-corrected chi connectivity index (χ1v) is 8.80. The van der Waals surface area contributed by atoms with E-state index in [0.29, 0.717) is 18.1 Å². The van der Waals surface area contributed by atoms with Crippen molar-refractivity contribution in [3.8, 4) is 0 Å². The minimum absolute atomic E-state index is 0.127. The van der Waals surface area contributed by atoms with E-state index in [2.05, 4.69) is 25.9 Å². The highest BCUT2D eigenvalue weighted by atomic mass is 16.2. The maximum Gasteiger partial charge on any atom is 0.270 e. The topological polar surface area (TPSA) is 96.0 Å². The summed E-state index contributed by atoms with van der Waals surface area (Å²) in [7, 11) is 0. The zero-order valence-electron chi connectivity index (χ0n) is 15.7. The summed E-state index contributed by atoms with van der Waals surface area (Å²) >= 11 is 0. The van der Waals surface area contributed by atoms with Gasteiger partial charge in [0, 0.05) is 30.9 Å². The van der Waals surface area contributed by atoms with Crippen LogP contribution in [0.5, 0.6) is 0 Å². The lowest BCUT2D eigenvalue weighted by Crippen LogP contribution is -2.24. The standard InChI is InChI=1S/C21H21N5O2/c1-14-3-5-16(6-4-14)12-22-21(28)19-11-20(24-13-23-19)26-18-9-7-17(8-10-18)25-15(2)27/h3-11,13H,12H2,1-2H3,(H,22,28)(H,25,27)(H,23,24,26). The molecule has 7 heteroatoms. The van der Waals surface area contributed by atoms with Gasteiger partial charge in [0.25, 0.3) is 5.91 Å². The van der Waals surface area contributed by atoms with Crippen LogP contribution in [0, 0.1) is 6.92 Å². The van der Waals surface area contributed by atoms with Gasteiger partial charge in [-0.3, -0.25) is 9.59 Å². The van der Waals surface area contributed by atoms with Crippen molar-refractivity contribution in [3.05, 3.63) is 77.7 Å². The number of benzene rings is 2. The summed E-state index contributed by atoms with van der Waals surface area (Å²) in [6.07, 6.45) is 1.34. The molecule has 2 aromatic carbocycles. The molecule has 3 N–H and O–H groups in total. The van der Waals surface area contributed by atoms with Gasteiger partial charge < -0.3 is 16.0 Å². The number of rotatable bonds is 6. The van der Waals surface area contributed by atoms with Gasteiger partial charge in [0.1, 0.15) is 17.8 Å². The lowest BCUT2D eigenvalue weighted by Gasteiger charge is -2.09. The third-order valence-corrected chi connectivity index (χ3v) is 3.95. The summed E-state index contributed by atoms with van der Waals surface area (Å²) in [5.41, 5.74) is 3.95. The van der Waals surface area contributed by atoms with Crippen molar-refractivity contribution < 1.29 is 9.59 Å². The quantitative estimate of drug-likeness (QED) is 0.613. The van der Waals surface area contributed by atoms with Gasteiger partial charge in [0.15, 0.2) is 0 Å². The van der Waals surface area contributed by atoms with Gasteiger partial charge in [-0.1, -0.05) is 29.8 Å². The zero-order valence-corrected chi connectivity index (χ0v) is 15.7. The van der Waals surface area contributed by atoms with Gasteiger partial charge in [0.05, 0.1) is 0 Å². The first-order chi connectivity index (χ1) is 13.5. The molecular weight excluding hydrogens is 354 g/mol. The molecule has 0 radical (unpaired) electrons. The van der Waals surface area contributed by atoms with E-state index in [1.807, 2.05) is 43.3 Å². The van der Waals surface area contributed by atoms with Crippen LogP contribution in [-0.4, -0.2) is 21.8 Å². The summed E-state index contributed by atoms with van der Waals surface area (Å²) < 4.78 is 0. The molecule has 0 aliphatic heterocycles. The Hall–Kier alpha value is -3.74. The van der Waals surface area contributed by atoms with Crippen LogP contribution >= 0.6 is 0 Å². The number of anilines is 3. The number of carbonyl (C=O) groups is 2. The predicted molar refractivity (Wildman–Crippen MR) is 108 cm³/mol. The van der Waals surface area contributed by atoms with E-state index in [1.165, 1.54) is 18.8 Å². The van der Waals surface area contributed by atoms with E-state index >= 15 is 0 Å². The second-order valence-corrected chi connectivity index (χ2v) is 6.34. The molecule has 2 amide bonds. The fourth-order valence-corrected chi connectivity index (χ4v) is 2.52. The molecule has 1 heterocycles. The summed E-state index contributed by atoms with van der Waals surface area (Å²) in [6, 6.07) is 16.7. The second-order valence-electron chi connectivity index (χ2n) is 6.34. The van der Waals surface area contributed by atoms with Crippen LogP contribution in [0.15, 0.2) is 60.9 Å². The van der Waals surface area contributed by atoms with Crippen LogP contribution in [0.25, 0.3) is 0 Å². The minimum Gasteiger partial charge on any atom is -0.347 e. The molecule has 3 aromatic rings. The van der Waals surface area contributed by atoms with Crippen LogP contribution in [0.4, 0.5) is 17.2 Å². The Bertz CT molecular complexity index is 969. The Morgan fingerprint density at radius 2 is 1.61 bits per heavy atom. The fourth-order valence-electron chi connectivity index (χ4n) is 2.52. The van der Waals surface area contributed by atoms with Crippen LogP contribution in [0.3, 0.4) is 0 Å². The summed E-state index contributed by atoms with van der Waals surface area (Å²) in [4.78, 5) is 31.6. The van der Waals surface area contributed by atoms with Crippen LogP contribution < -0.4 is 16.0 Å². The normalized spacial score (nSPS) is 10.2. The smallest absolute Gasteiger partial charge is 0.270 e. The molecule has 0 atom stereocenters. The summed E-state index contributed by atoms with van der Waals surface area (Å²) in [5.74, 6) is 0.104. The Kier molecular flexibility index (Phi) is 5.96. The van der Waals surface area contributed by atoms with Gasteiger partial charge in [-0.05, 0) is 36.8 Å². The predicted octanol–water partition coefficient (Wildman–Crippen LogP) is 3.42. The molecule has 0 unspecified atom stereocenters. The number of hydrogen-bond acceptors (Lipinski definition) is 5. The monoisotopic (exact) mass is 375 g/mol. The minimum atomic E-state index is -0.271. The van der Waals surface area contributed by atoms with Crippen molar-refractivity contribution in [2.45, 2.75) is 20.4 Å². The van der Waals surface area contributed by atoms with E-state index in [1.54, 1.807) is 18.2 Å². The molecule has 1 aromatic heterocycles. The zero-order chi connectivity index (χ0) is 19.9. The van der Waals surface area contributed by atoms with Crippen molar-refractivity contribution in [1.82, 2.24) is 15.3 Å². The van der Waals surface area contributed by atoms with Crippen LogP contribution in [0.1, 0.15) is 28.5 Å². The van der Waals surface area contributed by atoms with Gasteiger partial charge >= 0.3 is 0 Å². The molecule has 0 fully saturated rings. The Morgan fingerprint density at radius 1 is 0.929 bits per heavy atom. The Balaban J connectivity index is 1.62.